The van der Waals surface area contributed by atoms with Crippen LogP contribution < -0.4 is 16.0 Å². The average Bonchev–Trinajstić information content (AvgIpc) is 3.47. The highest BCUT2D eigenvalue weighted by Crippen LogP contribution is 2.45. The van der Waals surface area contributed by atoms with E-state index in [9.17, 15) is 0 Å². The first kappa shape index (κ1) is 25.3. The second kappa shape index (κ2) is 10.2. The van der Waals surface area contributed by atoms with Crippen LogP contribution in [0.15, 0.2) is 107 Å². The molecule has 9 rings (SSSR count). The maximum absolute atomic E-state index is 6.46. The van der Waals surface area contributed by atoms with Crippen molar-refractivity contribution in [3.05, 3.63) is 136 Å². The van der Waals surface area contributed by atoms with Crippen molar-refractivity contribution in [1.29, 1.82) is 0 Å². The average molecular weight is 563 g/mol. The van der Waals surface area contributed by atoms with Gasteiger partial charge < -0.3 is 9.73 Å². The zero-order valence-electron chi connectivity index (χ0n) is 24.3. The summed E-state index contributed by atoms with van der Waals surface area (Å²) in [5, 5.41) is 15.6. The Morgan fingerprint density at radius 2 is 1.51 bits per heavy atom. The third-order valence-corrected chi connectivity index (χ3v) is 9.91. The van der Waals surface area contributed by atoms with Crippen molar-refractivity contribution in [2.24, 2.45) is 0 Å². The summed E-state index contributed by atoms with van der Waals surface area (Å²) < 4.78 is 6.46. The number of rotatable bonds is 3. The number of allylic oxidation sites excluding steroid dienone is 4. The molecule has 3 unspecified atom stereocenters. The molecule has 1 fully saturated rings. The molecule has 4 aliphatic rings. The van der Waals surface area contributed by atoms with Gasteiger partial charge in [0, 0.05) is 35.1 Å². The second-order valence-corrected chi connectivity index (χ2v) is 12.5. The van der Waals surface area contributed by atoms with Crippen molar-refractivity contribution in [2.75, 3.05) is 0 Å². The number of hydrogen-bond donors (Lipinski definition) is 3. The van der Waals surface area contributed by atoms with Crippen LogP contribution in [-0.2, 0) is 19.3 Å². The van der Waals surface area contributed by atoms with E-state index in [-0.39, 0.29) is 18.5 Å². The van der Waals surface area contributed by atoms with E-state index >= 15 is 0 Å². The Morgan fingerprint density at radius 3 is 2.44 bits per heavy atom. The molecular formula is C39H36N3O+. The SMILES string of the molecule is C1=CCCC(C2NC(c3ccc4ccc5c(c4c3)-c3c(oc4c3C=CCC4)CC5)NC(c3ccc4ccccc4c3)[NH2+]2)=C1. The number of benzene rings is 4. The molecule has 5 aromatic rings. The molecule has 4 N–H and O–H groups in total. The Balaban J connectivity index is 1.15. The zero-order chi connectivity index (χ0) is 28.3. The number of aryl methyl sites for hydroxylation is 3. The van der Waals surface area contributed by atoms with E-state index in [4.69, 9.17) is 4.42 Å². The smallest absolute Gasteiger partial charge is 0.169 e. The summed E-state index contributed by atoms with van der Waals surface area (Å²) in [6.07, 6.45) is 18.0. The predicted molar refractivity (Wildman–Crippen MR) is 174 cm³/mol. The topological polar surface area (TPSA) is 53.8 Å². The lowest BCUT2D eigenvalue weighted by Gasteiger charge is -2.37. The van der Waals surface area contributed by atoms with Gasteiger partial charge in [-0.2, -0.15) is 0 Å². The molecule has 1 aliphatic heterocycles. The first-order chi connectivity index (χ1) is 21.3. The summed E-state index contributed by atoms with van der Waals surface area (Å²) >= 11 is 0. The van der Waals surface area contributed by atoms with Gasteiger partial charge in [-0.15, -0.1) is 0 Å². The molecule has 4 aromatic carbocycles. The first-order valence-corrected chi connectivity index (χ1v) is 15.9. The first-order valence-electron chi connectivity index (χ1n) is 15.9. The third kappa shape index (κ3) is 4.32. The normalized spacial score (nSPS) is 22.7. The Hall–Kier alpha value is -4.22. The van der Waals surface area contributed by atoms with Crippen LogP contribution in [0.3, 0.4) is 0 Å². The Bertz CT molecular complexity index is 1990. The zero-order valence-corrected chi connectivity index (χ0v) is 24.3. The number of nitrogens with two attached hydrogens (primary N) is 1. The fourth-order valence-corrected chi connectivity index (χ4v) is 7.71. The third-order valence-electron chi connectivity index (χ3n) is 9.91. The molecule has 3 aliphatic carbocycles. The van der Waals surface area contributed by atoms with Crippen molar-refractivity contribution in [1.82, 2.24) is 10.6 Å². The van der Waals surface area contributed by atoms with Gasteiger partial charge in [-0.3, -0.25) is 0 Å². The van der Waals surface area contributed by atoms with Gasteiger partial charge in [0.05, 0.1) is 6.17 Å². The highest BCUT2D eigenvalue weighted by Gasteiger charge is 2.35. The van der Waals surface area contributed by atoms with Crippen LogP contribution in [0, 0.1) is 0 Å². The Morgan fingerprint density at radius 1 is 0.674 bits per heavy atom. The van der Waals surface area contributed by atoms with Crippen LogP contribution in [-0.4, -0.2) is 6.17 Å². The van der Waals surface area contributed by atoms with Crippen LogP contribution >= 0.6 is 0 Å². The number of nitrogens with one attached hydrogen (secondary N) is 2. The van der Waals surface area contributed by atoms with Gasteiger partial charge in [0.25, 0.3) is 0 Å². The number of fused-ring (bicyclic) bond motifs is 8. The predicted octanol–water partition coefficient (Wildman–Crippen LogP) is 7.37. The maximum atomic E-state index is 6.46. The van der Waals surface area contributed by atoms with Crippen LogP contribution in [0.1, 0.15) is 65.4 Å². The van der Waals surface area contributed by atoms with E-state index in [0.717, 1.165) is 44.3 Å². The summed E-state index contributed by atoms with van der Waals surface area (Å²) in [6.45, 7) is 0. The minimum atomic E-state index is 0.0137. The number of hydrogen-bond acceptors (Lipinski definition) is 3. The summed E-state index contributed by atoms with van der Waals surface area (Å²) in [6, 6.07) is 27.3. The minimum absolute atomic E-state index is 0.0137. The van der Waals surface area contributed by atoms with E-state index in [1.165, 1.54) is 66.3 Å². The van der Waals surface area contributed by atoms with Gasteiger partial charge >= 0.3 is 0 Å². The molecule has 1 saturated heterocycles. The lowest BCUT2D eigenvalue weighted by molar-refractivity contribution is -0.741. The maximum Gasteiger partial charge on any atom is 0.169 e. The lowest BCUT2D eigenvalue weighted by atomic mass is 9.83. The van der Waals surface area contributed by atoms with Gasteiger partial charge in [-0.25, -0.2) is 10.6 Å². The molecule has 0 radical (unpaired) electrons. The lowest BCUT2D eigenvalue weighted by Crippen LogP contribution is -2.99. The van der Waals surface area contributed by atoms with Crippen molar-refractivity contribution in [3.8, 4) is 11.1 Å². The number of furan rings is 1. The summed E-state index contributed by atoms with van der Waals surface area (Å²) in [4.78, 5) is 0. The molecule has 0 amide bonds. The molecule has 3 atom stereocenters. The van der Waals surface area contributed by atoms with Crippen LogP contribution in [0.25, 0.3) is 38.7 Å². The van der Waals surface area contributed by atoms with Crippen LogP contribution in [0.4, 0.5) is 0 Å². The molecule has 4 nitrogen and oxygen atoms in total. The molecule has 212 valence electrons. The van der Waals surface area contributed by atoms with E-state index in [1.807, 2.05) is 0 Å². The summed E-state index contributed by atoms with van der Waals surface area (Å²) in [7, 11) is 0. The fraction of sp³-hybridized carbons (Fsp3) is 0.231. The Kier molecular flexibility index (Phi) is 6.00. The molecule has 0 bridgehead atoms. The largest absolute Gasteiger partial charge is 0.465 e. The Labute approximate surface area is 252 Å². The monoisotopic (exact) mass is 562 g/mol. The van der Waals surface area contributed by atoms with Crippen molar-refractivity contribution >= 4 is 27.6 Å². The standard InChI is InChI=1S/C39H35N3O/c1-2-9-27(10-3-1)37-40-38(29-18-14-24-8-4-5-11-28(24)22-29)42-39(41-37)30-19-16-25-15-17-26-20-21-34-36(35(26)32(25)23-30)31-12-6-7-13-33(31)43-34/h1-2,4-6,8-9,11-12,14-19,22-23,37-42H,3,7,10,13,20-21H2/p+1. The highest BCUT2D eigenvalue weighted by atomic mass is 16.3. The molecule has 0 spiro atoms. The minimum Gasteiger partial charge on any atom is -0.465 e. The van der Waals surface area contributed by atoms with Crippen LogP contribution in [0.5, 0.6) is 0 Å². The van der Waals surface area contributed by atoms with E-state index in [0.29, 0.717) is 0 Å². The van der Waals surface area contributed by atoms with Gasteiger partial charge in [0.1, 0.15) is 11.5 Å². The molecular weight excluding hydrogens is 526 g/mol. The molecule has 1 aromatic heterocycles. The summed E-state index contributed by atoms with van der Waals surface area (Å²) in [5.41, 5.74) is 9.49. The van der Waals surface area contributed by atoms with Crippen LogP contribution in [0.2, 0.25) is 0 Å². The molecule has 2 heterocycles. The van der Waals surface area contributed by atoms with Gasteiger partial charge in [0.15, 0.2) is 12.3 Å². The molecule has 0 saturated carbocycles. The number of quaternary nitrogens is 1. The van der Waals surface area contributed by atoms with E-state index < -0.39 is 0 Å². The van der Waals surface area contributed by atoms with Crippen molar-refractivity contribution in [3.63, 3.8) is 0 Å². The fourth-order valence-electron chi connectivity index (χ4n) is 7.71. The second-order valence-electron chi connectivity index (χ2n) is 12.5. The van der Waals surface area contributed by atoms with Crippen molar-refractivity contribution < 1.29 is 9.73 Å². The quantitative estimate of drug-likeness (QED) is 0.215. The van der Waals surface area contributed by atoms with E-state index in [2.05, 4.69) is 119 Å². The molecule has 4 heteroatoms. The van der Waals surface area contributed by atoms with Gasteiger partial charge in [-0.1, -0.05) is 91.0 Å². The van der Waals surface area contributed by atoms with Gasteiger partial charge in [0.2, 0.25) is 0 Å². The van der Waals surface area contributed by atoms with E-state index in [1.54, 1.807) is 0 Å². The summed E-state index contributed by atoms with van der Waals surface area (Å²) in [5.74, 6) is 2.33. The molecule has 43 heavy (non-hydrogen) atoms. The van der Waals surface area contributed by atoms with Crippen molar-refractivity contribution in [2.45, 2.75) is 57.0 Å². The highest BCUT2D eigenvalue weighted by molar-refractivity contribution is 6.02. The van der Waals surface area contributed by atoms with Gasteiger partial charge in [-0.05, 0) is 76.1 Å².